The molecule has 1 amide bonds. The van der Waals surface area contributed by atoms with Crippen molar-refractivity contribution in [2.24, 2.45) is 0 Å². The van der Waals surface area contributed by atoms with Crippen molar-refractivity contribution < 1.29 is 14.7 Å². The van der Waals surface area contributed by atoms with Crippen molar-refractivity contribution in [3.63, 3.8) is 0 Å². The summed E-state index contributed by atoms with van der Waals surface area (Å²) in [5.41, 5.74) is 0.934. The lowest BCUT2D eigenvalue weighted by molar-refractivity contribution is -0.155. The number of carbonyl (C=O) groups excluding carboxylic acids is 1. The van der Waals surface area contributed by atoms with Gasteiger partial charge in [-0.15, -0.1) is 0 Å². The summed E-state index contributed by atoms with van der Waals surface area (Å²) in [6, 6.07) is 9.95. The summed E-state index contributed by atoms with van der Waals surface area (Å²) >= 11 is 0. The Morgan fingerprint density at radius 3 is 2.77 bits per heavy atom. The van der Waals surface area contributed by atoms with Gasteiger partial charge in [-0.2, -0.15) is 0 Å². The zero-order chi connectivity index (χ0) is 15.9. The molecule has 1 saturated heterocycles. The molecule has 5 heteroatoms. The Hall–Kier alpha value is -2.30. The quantitative estimate of drug-likeness (QED) is 0.947. The highest BCUT2D eigenvalue weighted by Gasteiger charge is 2.45. The van der Waals surface area contributed by atoms with Crippen LogP contribution in [0, 0.1) is 6.92 Å². The third-order valence-corrected chi connectivity index (χ3v) is 4.71. The summed E-state index contributed by atoms with van der Waals surface area (Å²) in [5, 5.41) is 10.5. The third-order valence-electron chi connectivity index (χ3n) is 4.71. The number of carbonyl (C=O) groups is 2. The van der Waals surface area contributed by atoms with Crippen molar-refractivity contribution >= 4 is 22.8 Å². The van der Waals surface area contributed by atoms with E-state index in [-0.39, 0.29) is 12.5 Å². The van der Waals surface area contributed by atoms with Gasteiger partial charge in [0, 0.05) is 17.8 Å². The number of likely N-dealkylation sites (tertiary alicyclic amines) is 1. The maximum absolute atomic E-state index is 12.7. The van der Waals surface area contributed by atoms with E-state index in [2.05, 4.69) is 0 Å². The van der Waals surface area contributed by atoms with Crippen LogP contribution in [0.1, 0.15) is 25.5 Å². The van der Waals surface area contributed by atoms with Crippen LogP contribution in [0.4, 0.5) is 0 Å². The third kappa shape index (κ3) is 2.17. The smallest absolute Gasteiger partial charge is 0.329 e. The Kier molecular flexibility index (Phi) is 3.43. The number of aromatic nitrogens is 1. The van der Waals surface area contributed by atoms with E-state index in [1.165, 1.54) is 4.90 Å². The molecule has 1 aliphatic heterocycles. The lowest BCUT2D eigenvalue weighted by Gasteiger charge is -2.31. The maximum atomic E-state index is 12.7. The fourth-order valence-electron chi connectivity index (χ4n) is 3.36. The van der Waals surface area contributed by atoms with Gasteiger partial charge in [0.15, 0.2) is 0 Å². The number of para-hydroxylation sites is 1. The minimum absolute atomic E-state index is 0.133. The Morgan fingerprint density at radius 2 is 2.05 bits per heavy atom. The van der Waals surface area contributed by atoms with E-state index in [0.29, 0.717) is 13.0 Å². The summed E-state index contributed by atoms with van der Waals surface area (Å²) in [6.45, 7) is 4.30. The van der Waals surface area contributed by atoms with Gasteiger partial charge in [0.2, 0.25) is 5.91 Å². The zero-order valence-corrected chi connectivity index (χ0v) is 12.9. The first-order valence-corrected chi connectivity index (χ1v) is 7.52. The minimum Gasteiger partial charge on any atom is -0.480 e. The summed E-state index contributed by atoms with van der Waals surface area (Å²) in [4.78, 5) is 25.7. The minimum atomic E-state index is -1.08. The van der Waals surface area contributed by atoms with Crippen molar-refractivity contribution in [3.8, 4) is 0 Å². The average molecular weight is 300 g/mol. The van der Waals surface area contributed by atoms with Crippen LogP contribution in [0.5, 0.6) is 0 Å². The molecule has 1 N–H and O–H groups in total. The molecule has 116 valence electrons. The van der Waals surface area contributed by atoms with Crippen LogP contribution in [-0.4, -0.2) is 38.5 Å². The van der Waals surface area contributed by atoms with E-state index in [4.69, 9.17) is 0 Å². The average Bonchev–Trinajstić information content (AvgIpc) is 3.01. The zero-order valence-electron chi connectivity index (χ0n) is 12.9. The Morgan fingerprint density at radius 1 is 1.32 bits per heavy atom. The molecule has 1 aliphatic rings. The van der Waals surface area contributed by atoms with Crippen molar-refractivity contribution in [3.05, 3.63) is 36.0 Å². The topological polar surface area (TPSA) is 62.5 Å². The Bertz CT molecular complexity index is 749. The monoisotopic (exact) mass is 300 g/mol. The van der Waals surface area contributed by atoms with Crippen LogP contribution in [-0.2, 0) is 16.1 Å². The fraction of sp³-hybridized carbons (Fsp3) is 0.412. The number of fused-ring (bicyclic) bond motifs is 1. The molecule has 0 bridgehead atoms. The van der Waals surface area contributed by atoms with E-state index in [0.717, 1.165) is 23.0 Å². The van der Waals surface area contributed by atoms with Gasteiger partial charge in [0.25, 0.3) is 0 Å². The first-order chi connectivity index (χ1) is 10.4. The lowest BCUT2D eigenvalue weighted by atomic mass is 9.99. The van der Waals surface area contributed by atoms with E-state index in [1.54, 1.807) is 6.92 Å². The molecule has 1 atom stereocenters. The summed E-state index contributed by atoms with van der Waals surface area (Å²) < 4.78 is 1.96. The number of carboxylic acid groups (broad SMARTS) is 1. The van der Waals surface area contributed by atoms with Crippen LogP contribution in [0.2, 0.25) is 0 Å². The van der Waals surface area contributed by atoms with E-state index in [1.807, 2.05) is 41.8 Å². The molecule has 1 aromatic carbocycles. The SMILES string of the molecule is Cc1cc2ccccc2n1CC(=O)N1CCCC1(C)C(=O)O. The van der Waals surface area contributed by atoms with E-state index in [9.17, 15) is 14.7 Å². The number of aliphatic carboxylic acids is 1. The molecule has 1 unspecified atom stereocenters. The molecule has 2 aromatic rings. The van der Waals surface area contributed by atoms with Crippen molar-refractivity contribution in [1.82, 2.24) is 9.47 Å². The standard InChI is InChI=1S/C17H20N2O3/c1-12-10-13-6-3-4-7-14(13)18(12)11-15(20)19-9-5-8-17(19,2)16(21)22/h3-4,6-7,10H,5,8-9,11H2,1-2H3,(H,21,22). The number of amides is 1. The molecule has 2 heterocycles. The molecule has 22 heavy (non-hydrogen) atoms. The summed E-state index contributed by atoms with van der Waals surface area (Å²) in [7, 11) is 0. The van der Waals surface area contributed by atoms with Crippen molar-refractivity contribution in [2.75, 3.05) is 6.54 Å². The number of carboxylic acids is 1. The summed E-state index contributed by atoms with van der Waals surface area (Å²) in [6.07, 6.45) is 1.25. The van der Waals surface area contributed by atoms with Gasteiger partial charge in [-0.05, 0) is 44.2 Å². The predicted molar refractivity (Wildman–Crippen MR) is 83.7 cm³/mol. The molecule has 1 fully saturated rings. The molecule has 0 spiro atoms. The van der Waals surface area contributed by atoms with Gasteiger partial charge in [0.05, 0.1) is 0 Å². The number of aryl methyl sites for hydroxylation is 1. The van der Waals surface area contributed by atoms with Gasteiger partial charge in [0.1, 0.15) is 12.1 Å². The fourth-order valence-corrected chi connectivity index (χ4v) is 3.36. The van der Waals surface area contributed by atoms with Crippen LogP contribution in [0.3, 0.4) is 0 Å². The summed E-state index contributed by atoms with van der Waals surface area (Å²) in [5.74, 6) is -1.06. The highest BCUT2D eigenvalue weighted by Crippen LogP contribution is 2.30. The molecule has 5 nitrogen and oxygen atoms in total. The van der Waals surface area contributed by atoms with E-state index < -0.39 is 11.5 Å². The Labute approximate surface area is 129 Å². The number of nitrogens with zero attached hydrogens (tertiary/aromatic N) is 2. The first kappa shape index (κ1) is 14.6. The second kappa shape index (κ2) is 5.16. The van der Waals surface area contributed by atoms with Crippen LogP contribution < -0.4 is 0 Å². The normalized spacial score (nSPS) is 21.5. The Balaban J connectivity index is 1.90. The molecule has 3 rings (SSSR count). The molecule has 0 saturated carbocycles. The predicted octanol–water partition coefficient (Wildman–Crippen LogP) is 2.42. The van der Waals surface area contributed by atoms with E-state index >= 15 is 0 Å². The van der Waals surface area contributed by atoms with Gasteiger partial charge in [-0.25, -0.2) is 4.79 Å². The number of hydrogen-bond donors (Lipinski definition) is 1. The van der Waals surface area contributed by atoms with Crippen LogP contribution in [0.25, 0.3) is 10.9 Å². The lowest BCUT2D eigenvalue weighted by Crippen LogP contribution is -2.51. The van der Waals surface area contributed by atoms with Gasteiger partial charge < -0.3 is 14.6 Å². The second-order valence-electron chi connectivity index (χ2n) is 6.16. The number of benzene rings is 1. The number of rotatable bonds is 3. The van der Waals surface area contributed by atoms with Gasteiger partial charge >= 0.3 is 5.97 Å². The van der Waals surface area contributed by atoms with Gasteiger partial charge in [-0.3, -0.25) is 4.79 Å². The largest absolute Gasteiger partial charge is 0.480 e. The van der Waals surface area contributed by atoms with Crippen LogP contribution in [0.15, 0.2) is 30.3 Å². The first-order valence-electron chi connectivity index (χ1n) is 7.52. The molecule has 1 aromatic heterocycles. The van der Waals surface area contributed by atoms with Crippen molar-refractivity contribution in [2.45, 2.75) is 38.8 Å². The maximum Gasteiger partial charge on any atom is 0.329 e. The van der Waals surface area contributed by atoms with Crippen molar-refractivity contribution in [1.29, 1.82) is 0 Å². The highest BCUT2D eigenvalue weighted by atomic mass is 16.4. The molecular formula is C17H20N2O3. The molecule has 0 aliphatic carbocycles. The second-order valence-corrected chi connectivity index (χ2v) is 6.16. The number of hydrogen-bond acceptors (Lipinski definition) is 2. The van der Waals surface area contributed by atoms with Gasteiger partial charge in [-0.1, -0.05) is 18.2 Å². The molecule has 0 radical (unpaired) electrons. The highest BCUT2D eigenvalue weighted by molar-refractivity contribution is 5.89. The molecular weight excluding hydrogens is 280 g/mol. The van der Waals surface area contributed by atoms with Crippen LogP contribution >= 0.6 is 0 Å².